The van der Waals surface area contributed by atoms with Crippen LogP contribution in [0.5, 0.6) is 0 Å². The number of carbonyl (C=O) groups is 2. The van der Waals surface area contributed by atoms with Crippen molar-refractivity contribution in [2.45, 2.75) is 44.1 Å². The summed E-state index contributed by atoms with van der Waals surface area (Å²) >= 11 is 12.5. The van der Waals surface area contributed by atoms with Crippen molar-refractivity contribution in [3.63, 3.8) is 0 Å². The normalized spacial score (nSPS) is 12.4. The van der Waals surface area contributed by atoms with Crippen molar-refractivity contribution in [2.24, 2.45) is 0 Å². The Kier molecular flexibility index (Phi) is 8.75. The smallest absolute Gasteiger partial charge is 0.293 e. The van der Waals surface area contributed by atoms with E-state index in [1.165, 1.54) is 12.1 Å². The minimum absolute atomic E-state index is 0.0502. The van der Waals surface area contributed by atoms with Crippen LogP contribution in [-0.4, -0.2) is 20.1 Å². The Hall–Kier alpha value is -2.67. The highest BCUT2D eigenvalue weighted by Gasteiger charge is 2.39. The van der Waals surface area contributed by atoms with E-state index in [0.717, 1.165) is 11.1 Å². The van der Waals surface area contributed by atoms with Crippen molar-refractivity contribution < 1.29 is 18.0 Å². The Bertz CT molecular complexity index is 1350. The lowest BCUT2D eigenvalue weighted by Gasteiger charge is -2.21. The summed E-state index contributed by atoms with van der Waals surface area (Å²) in [5.41, 5.74) is 2.63. The van der Waals surface area contributed by atoms with Crippen LogP contribution in [0.4, 0.5) is 5.69 Å². The van der Waals surface area contributed by atoms with E-state index in [0.29, 0.717) is 17.7 Å². The third-order valence-corrected chi connectivity index (χ3v) is 8.36. The molecule has 1 N–H and O–H groups in total. The fraction of sp³-hybridized carbons (Fsp3) is 0.259. The number of benzene rings is 3. The molecule has 3 aromatic rings. The molecule has 8 heteroatoms. The van der Waals surface area contributed by atoms with E-state index in [1.807, 2.05) is 39.0 Å². The molecule has 3 aromatic carbocycles. The van der Waals surface area contributed by atoms with Crippen LogP contribution in [0.1, 0.15) is 54.2 Å². The number of hydrogen-bond donors (Lipinski definition) is 1. The number of para-hydroxylation sites is 1. The number of halogens is 2. The zero-order valence-electron chi connectivity index (χ0n) is 19.7. The second-order valence-corrected chi connectivity index (χ2v) is 11.4. The largest absolute Gasteiger partial charge is 0.319 e. The molecule has 0 fully saturated rings. The van der Waals surface area contributed by atoms with Crippen LogP contribution in [-0.2, 0) is 31.6 Å². The second kappa shape index (κ2) is 11.4. The van der Waals surface area contributed by atoms with Gasteiger partial charge in [-0.2, -0.15) is 0 Å². The zero-order valence-corrected chi connectivity index (χ0v) is 22.0. The molecule has 1 amide bonds. The lowest BCUT2D eigenvalue weighted by Crippen LogP contribution is -2.34. The highest BCUT2D eigenvalue weighted by atomic mass is 35.5. The highest BCUT2D eigenvalue weighted by molar-refractivity contribution is 7.91. The van der Waals surface area contributed by atoms with Crippen LogP contribution < -0.4 is 5.32 Å². The van der Waals surface area contributed by atoms with Gasteiger partial charge >= 0.3 is 0 Å². The Balaban J connectivity index is 2.05. The van der Waals surface area contributed by atoms with Crippen LogP contribution >= 0.6 is 23.2 Å². The molecule has 0 radical (unpaired) electrons. The molecule has 0 bridgehead atoms. The van der Waals surface area contributed by atoms with Crippen molar-refractivity contribution >= 4 is 50.4 Å². The van der Waals surface area contributed by atoms with Gasteiger partial charge in [-0.25, -0.2) is 8.42 Å². The molecule has 0 spiro atoms. The van der Waals surface area contributed by atoms with Crippen molar-refractivity contribution in [3.8, 4) is 0 Å². The van der Waals surface area contributed by atoms with E-state index in [9.17, 15) is 18.0 Å². The number of ketones is 1. The second-order valence-electron chi connectivity index (χ2n) is 8.51. The predicted octanol–water partition coefficient (Wildman–Crippen LogP) is 6.54. The van der Waals surface area contributed by atoms with Gasteiger partial charge in [-0.15, -0.1) is 0 Å². The first-order valence-corrected chi connectivity index (χ1v) is 13.7. The van der Waals surface area contributed by atoms with Gasteiger partial charge < -0.3 is 5.32 Å². The van der Waals surface area contributed by atoms with Crippen LogP contribution in [0.2, 0.25) is 10.0 Å². The number of Topliss-reactive ketones (excluding diaryl/α,β-unsaturated/α-hetero) is 1. The van der Waals surface area contributed by atoms with Gasteiger partial charge in [0.05, 0.1) is 5.75 Å². The zero-order chi connectivity index (χ0) is 25.8. The molecule has 0 saturated heterocycles. The molecule has 0 heterocycles. The van der Waals surface area contributed by atoms with Crippen LogP contribution in [0.25, 0.3) is 0 Å². The number of hydrogen-bond acceptors (Lipinski definition) is 4. The molecule has 0 aromatic heterocycles. The molecule has 0 aliphatic heterocycles. The van der Waals surface area contributed by atoms with Gasteiger partial charge in [0.25, 0.3) is 5.91 Å². The van der Waals surface area contributed by atoms with E-state index < -0.39 is 32.5 Å². The fourth-order valence-electron chi connectivity index (χ4n) is 3.94. The van der Waals surface area contributed by atoms with Crippen LogP contribution in [0, 0.1) is 0 Å². The quantitative estimate of drug-likeness (QED) is 0.317. The van der Waals surface area contributed by atoms with Crippen molar-refractivity contribution in [3.05, 3.63) is 99.0 Å². The first-order valence-electron chi connectivity index (χ1n) is 11.2. The molecule has 3 rings (SSSR count). The molecule has 35 heavy (non-hydrogen) atoms. The summed E-state index contributed by atoms with van der Waals surface area (Å²) in [4.78, 5) is 26.8. The maximum Gasteiger partial charge on any atom is 0.293 e. The Morgan fingerprint density at radius 1 is 0.829 bits per heavy atom. The minimum Gasteiger partial charge on any atom is -0.319 e. The molecule has 1 atom stereocenters. The Labute approximate surface area is 216 Å². The number of sulfone groups is 1. The molecular formula is C27H27Cl2NO4S. The summed E-state index contributed by atoms with van der Waals surface area (Å²) in [5.74, 6) is -2.56. The van der Waals surface area contributed by atoms with Crippen molar-refractivity contribution in [2.75, 3.05) is 5.32 Å². The number of carbonyl (C=O) groups excluding carboxylic acids is 2. The van der Waals surface area contributed by atoms with E-state index in [2.05, 4.69) is 5.32 Å². The molecule has 0 aliphatic rings. The topological polar surface area (TPSA) is 80.3 Å². The van der Waals surface area contributed by atoms with Crippen molar-refractivity contribution in [1.29, 1.82) is 0 Å². The fourth-order valence-corrected chi connectivity index (χ4v) is 6.41. The number of aryl methyl sites for hydroxylation is 1. The number of nitrogens with one attached hydrogen (secondary N) is 1. The summed E-state index contributed by atoms with van der Waals surface area (Å²) in [6.07, 6.45) is 0.628. The maximum atomic E-state index is 13.6. The number of anilines is 1. The van der Waals surface area contributed by atoms with Crippen molar-refractivity contribution in [1.82, 2.24) is 0 Å². The lowest BCUT2D eigenvalue weighted by atomic mass is 9.96. The summed E-state index contributed by atoms with van der Waals surface area (Å²) in [6.45, 7) is 5.90. The van der Waals surface area contributed by atoms with Crippen LogP contribution in [0.15, 0.2) is 66.7 Å². The van der Waals surface area contributed by atoms with E-state index in [-0.39, 0.29) is 21.5 Å². The molecule has 0 saturated carbocycles. The van der Waals surface area contributed by atoms with Gasteiger partial charge in [0.2, 0.25) is 5.78 Å². The first-order chi connectivity index (χ1) is 16.6. The molecule has 0 unspecified atom stereocenters. The average Bonchev–Trinajstić information content (AvgIpc) is 2.81. The Morgan fingerprint density at radius 3 is 2.00 bits per heavy atom. The van der Waals surface area contributed by atoms with Gasteiger partial charge in [0.15, 0.2) is 15.1 Å². The van der Waals surface area contributed by atoms with Gasteiger partial charge in [-0.1, -0.05) is 98.6 Å². The SMILES string of the molecule is CCc1cccc(C(C)C)c1NC(=O)C(=O)[C@@H](c1ccccc1Cl)S(=O)(=O)Cc1ccccc1Cl. The first kappa shape index (κ1) is 26.9. The highest BCUT2D eigenvalue weighted by Crippen LogP contribution is 2.34. The van der Waals surface area contributed by atoms with E-state index >= 15 is 0 Å². The maximum absolute atomic E-state index is 13.6. The molecular weight excluding hydrogens is 505 g/mol. The summed E-state index contributed by atoms with van der Waals surface area (Å²) in [5, 5.41) is 1.25. The third-order valence-electron chi connectivity index (χ3n) is 5.75. The average molecular weight is 532 g/mol. The Morgan fingerprint density at radius 2 is 1.40 bits per heavy atom. The van der Waals surface area contributed by atoms with Gasteiger partial charge in [0, 0.05) is 15.7 Å². The molecule has 184 valence electrons. The van der Waals surface area contributed by atoms with Gasteiger partial charge in [-0.05, 0) is 46.7 Å². The molecule has 5 nitrogen and oxygen atoms in total. The standard InChI is InChI=1S/C27H27Cl2NO4S/c1-4-18-11-9-13-20(17(2)3)24(18)30-27(32)25(31)26(21-12-6-8-15-23(21)29)35(33,34)16-19-10-5-7-14-22(19)28/h5-15,17,26H,4,16H2,1-3H3,(H,30,32)/t26-/m1/s1. The summed E-state index contributed by atoms with van der Waals surface area (Å²) in [6, 6.07) is 18.3. The monoisotopic (exact) mass is 531 g/mol. The van der Waals surface area contributed by atoms with E-state index in [1.54, 1.807) is 36.4 Å². The summed E-state index contributed by atoms with van der Waals surface area (Å²) < 4.78 is 27.2. The van der Waals surface area contributed by atoms with Crippen LogP contribution in [0.3, 0.4) is 0 Å². The predicted molar refractivity (Wildman–Crippen MR) is 142 cm³/mol. The third kappa shape index (κ3) is 6.13. The molecule has 0 aliphatic carbocycles. The number of rotatable bonds is 9. The number of amides is 1. The van der Waals surface area contributed by atoms with Gasteiger partial charge in [0.1, 0.15) is 0 Å². The lowest BCUT2D eigenvalue weighted by molar-refractivity contribution is -0.134. The summed E-state index contributed by atoms with van der Waals surface area (Å²) in [7, 11) is -4.23. The van der Waals surface area contributed by atoms with Gasteiger partial charge in [-0.3, -0.25) is 9.59 Å². The van der Waals surface area contributed by atoms with E-state index in [4.69, 9.17) is 23.2 Å². The minimum atomic E-state index is -4.23.